The average Bonchev–Trinajstić information content (AvgIpc) is 2.65. The van der Waals surface area contributed by atoms with Crippen LogP contribution in [0.2, 0.25) is 0 Å². The number of anilines is 1. The molecule has 1 aromatic carbocycles. The molecule has 0 aliphatic carbocycles. The second-order valence-corrected chi connectivity index (χ2v) is 5.38. The van der Waals surface area contributed by atoms with Crippen LogP contribution in [0.15, 0.2) is 18.2 Å². The molecule has 0 amide bonds. The Labute approximate surface area is 103 Å². The van der Waals surface area contributed by atoms with Crippen LogP contribution in [0.1, 0.15) is 33.5 Å². The summed E-state index contributed by atoms with van der Waals surface area (Å²) in [5.41, 5.74) is 3.48. The highest BCUT2D eigenvalue weighted by Gasteiger charge is 2.22. The molecule has 3 heteroatoms. The number of rotatable bonds is 2. The molecule has 0 aliphatic rings. The lowest BCUT2D eigenvalue weighted by atomic mass is 9.96. The number of aryl methyl sites for hydroxylation is 1. The van der Waals surface area contributed by atoms with Gasteiger partial charge in [-0.15, -0.1) is 0 Å². The van der Waals surface area contributed by atoms with Gasteiger partial charge in [-0.25, -0.2) is 4.98 Å². The van der Waals surface area contributed by atoms with Crippen molar-refractivity contribution in [3.05, 3.63) is 24.0 Å². The predicted octanol–water partition coefficient (Wildman–Crippen LogP) is 3.40. The molecule has 17 heavy (non-hydrogen) atoms. The third-order valence-corrected chi connectivity index (χ3v) is 3.02. The first-order valence-corrected chi connectivity index (χ1v) is 6.16. The molecular weight excluding hydrogens is 210 g/mol. The number of nitrogens with one attached hydrogen (secondary N) is 1. The smallest absolute Gasteiger partial charge is 0.115 e. The topological polar surface area (TPSA) is 29.9 Å². The molecular formula is C14H21N3. The number of imidazole rings is 1. The summed E-state index contributed by atoms with van der Waals surface area (Å²) in [6.07, 6.45) is 0. The molecule has 2 aromatic rings. The third-order valence-electron chi connectivity index (χ3n) is 3.02. The zero-order valence-corrected chi connectivity index (χ0v) is 11.3. The molecule has 0 radical (unpaired) electrons. The zero-order valence-electron chi connectivity index (χ0n) is 11.3. The van der Waals surface area contributed by atoms with E-state index in [1.54, 1.807) is 0 Å². The number of hydrogen-bond acceptors (Lipinski definition) is 2. The van der Waals surface area contributed by atoms with E-state index in [-0.39, 0.29) is 5.41 Å². The summed E-state index contributed by atoms with van der Waals surface area (Å²) in [5.74, 6) is 1.16. The van der Waals surface area contributed by atoms with Gasteiger partial charge in [-0.05, 0) is 25.1 Å². The van der Waals surface area contributed by atoms with E-state index in [9.17, 15) is 0 Å². The first-order valence-electron chi connectivity index (χ1n) is 6.16. The Kier molecular flexibility index (Phi) is 2.86. The fourth-order valence-corrected chi connectivity index (χ4v) is 2.18. The van der Waals surface area contributed by atoms with Crippen LogP contribution in [0.4, 0.5) is 5.69 Å². The standard InChI is InChI=1S/C14H21N3/c1-6-17-12-8-7-10(15-5)9-11(12)16-13(17)14(2,3)4/h7-9,15H,6H2,1-5H3. The monoisotopic (exact) mass is 231 g/mol. The summed E-state index contributed by atoms with van der Waals surface area (Å²) in [6.45, 7) is 9.75. The summed E-state index contributed by atoms with van der Waals surface area (Å²) < 4.78 is 2.30. The number of aromatic nitrogens is 2. The van der Waals surface area contributed by atoms with Crippen molar-refractivity contribution in [1.82, 2.24) is 9.55 Å². The molecule has 0 aliphatic heterocycles. The maximum absolute atomic E-state index is 4.79. The first-order chi connectivity index (χ1) is 7.97. The Morgan fingerprint density at radius 1 is 1.29 bits per heavy atom. The van der Waals surface area contributed by atoms with Gasteiger partial charge in [0.2, 0.25) is 0 Å². The van der Waals surface area contributed by atoms with Gasteiger partial charge in [0.15, 0.2) is 0 Å². The van der Waals surface area contributed by atoms with Gasteiger partial charge < -0.3 is 9.88 Å². The number of nitrogens with zero attached hydrogens (tertiary/aromatic N) is 2. The van der Waals surface area contributed by atoms with Crippen LogP contribution >= 0.6 is 0 Å². The minimum atomic E-state index is 0.0782. The van der Waals surface area contributed by atoms with E-state index in [1.165, 1.54) is 5.52 Å². The van der Waals surface area contributed by atoms with Gasteiger partial charge in [0.1, 0.15) is 5.82 Å². The Balaban J connectivity index is 2.70. The second kappa shape index (κ2) is 4.06. The zero-order chi connectivity index (χ0) is 12.6. The molecule has 0 unspecified atom stereocenters. The van der Waals surface area contributed by atoms with Crippen molar-refractivity contribution in [3.63, 3.8) is 0 Å². The van der Waals surface area contributed by atoms with Crippen LogP contribution in [0, 0.1) is 0 Å². The summed E-state index contributed by atoms with van der Waals surface area (Å²) in [6, 6.07) is 6.35. The molecule has 1 heterocycles. The number of benzene rings is 1. The van der Waals surface area contributed by atoms with Crippen LogP contribution < -0.4 is 5.32 Å². The van der Waals surface area contributed by atoms with Gasteiger partial charge in [0, 0.05) is 24.7 Å². The molecule has 0 atom stereocenters. The summed E-state index contributed by atoms with van der Waals surface area (Å²) in [5, 5.41) is 3.16. The minimum absolute atomic E-state index is 0.0782. The van der Waals surface area contributed by atoms with Crippen molar-refractivity contribution in [2.24, 2.45) is 0 Å². The van der Waals surface area contributed by atoms with Crippen LogP contribution in [-0.2, 0) is 12.0 Å². The lowest BCUT2D eigenvalue weighted by Crippen LogP contribution is -2.18. The highest BCUT2D eigenvalue weighted by Crippen LogP contribution is 2.27. The molecule has 1 N–H and O–H groups in total. The molecule has 0 fully saturated rings. The van der Waals surface area contributed by atoms with E-state index in [1.807, 2.05) is 7.05 Å². The largest absolute Gasteiger partial charge is 0.388 e. The van der Waals surface area contributed by atoms with Gasteiger partial charge in [-0.1, -0.05) is 20.8 Å². The third kappa shape index (κ3) is 2.02. The van der Waals surface area contributed by atoms with Crippen LogP contribution in [0.3, 0.4) is 0 Å². The van der Waals surface area contributed by atoms with Gasteiger partial charge in [0.25, 0.3) is 0 Å². The van der Waals surface area contributed by atoms with Crippen LogP contribution in [0.5, 0.6) is 0 Å². The van der Waals surface area contributed by atoms with Crippen molar-refractivity contribution in [2.45, 2.75) is 39.7 Å². The quantitative estimate of drug-likeness (QED) is 0.858. The lowest BCUT2D eigenvalue weighted by molar-refractivity contribution is 0.512. The average molecular weight is 231 g/mol. The van der Waals surface area contributed by atoms with Gasteiger partial charge >= 0.3 is 0 Å². The van der Waals surface area contributed by atoms with Crippen molar-refractivity contribution >= 4 is 16.7 Å². The molecule has 0 saturated heterocycles. The van der Waals surface area contributed by atoms with Gasteiger partial charge in [-0.3, -0.25) is 0 Å². The van der Waals surface area contributed by atoms with Crippen molar-refractivity contribution in [3.8, 4) is 0 Å². The molecule has 0 saturated carbocycles. The van der Waals surface area contributed by atoms with E-state index >= 15 is 0 Å². The van der Waals surface area contributed by atoms with E-state index in [0.717, 1.165) is 23.6 Å². The lowest BCUT2D eigenvalue weighted by Gasteiger charge is -2.19. The van der Waals surface area contributed by atoms with Crippen molar-refractivity contribution < 1.29 is 0 Å². The number of fused-ring (bicyclic) bond motifs is 1. The summed E-state index contributed by atoms with van der Waals surface area (Å²) >= 11 is 0. The first kappa shape index (κ1) is 12.0. The molecule has 1 aromatic heterocycles. The molecule has 0 spiro atoms. The Hall–Kier alpha value is -1.51. The molecule has 0 bridgehead atoms. The van der Waals surface area contributed by atoms with E-state index < -0.39 is 0 Å². The highest BCUT2D eigenvalue weighted by atomic mass is 15.1. The fourth-order valence-electron chi connectivity index (χ4n) is 2.18. The number of hydrogen-bond donors (Lipinski definition) is 1. The SMILES string of the molecule is CCn1c(C(C)(C)C)nc2cc(NC)ccc21. The van der Waals surface area contributed by atoms with Crippen LogP contribution in [-0.4, -0.2) is 16.6 Å². The predicted molar refractivity (Wildman–Crippen MR) is 73.7 cm³/mol. The van der Waals surface area contributed by atoms with Gasteiger partial charge in [-0.2, -0.15) is 0 Å². The molecule has 92 valence electrons. The molecule has 3 nitrogen and oxygen atoms in total. The molecule has 2 rings (SSSR count). The summed E-state index contributed by atoms with van der Waals surface area (Å²) in [4.78, 5) is 4.79. The van der Waals surface area contributed by atoms with Gasteiger partial charge in [0.05, 0.1) is 11.0 Å². The maximum Gasteiger partial charge on any atom is 0.115 e. The minimum Gasteiger partial charge on any atom is -0.388 e. The maximum atomic E-state index is 4.79. The Morgan fingerprint density at radius 3 is 2.53 bits per heavy atom. The van der Waals surface area contributed by atoms with Crippen molar-refractivity contribution in [2.75, 3.05) is 12.4 Å². The Bertz CT molecular complexity index is 532. The fraction of sp³-hybridized carbons (Fsp3) is 0.500. The highest BCUT2D eigenvalue weighted by molar-refractivity contribution is 5.80. The summed E-state index contributed by atoms with van der Waals surface area (Å²) in [7, 11) is 1.93. The van der Waals surface area contributed by atoms with Crippen molar-refractivity contribution in [1.29, 1.82) is 0 Å². The second-order valence-electron chi connectivity index (χ2n) is 5.38. The van der Waals surface area contributed by atoms with Crippen LogP contribution in [0.25, 0.3) is 11.0 Å². The van der Waals surface area contributed by atoms with E-state index in [0.29, 0.717) is 0 Å². The van der Waals surface area contributed by atoms with E-state index in [2.05, 4.69) is 55.8 Å². The Morgan fingerprint density at radius 2 is 2.00 bits per heavy atom. The normalized spacial score (nSPS) is 12.1. The van der Waals surface area contributed by atoms with E-state index in [4.69, 9.17) is 4.98 Å².